The minimum atomic E-state index is -1.20. The number of hydrogen-bond acceptors (Lipinski definition) is 3. The predicted octanol–water partition coefficient (Wildman–Crippen LogP) is 3.40. The topological polar surface area (TPSA) is 81.1 Å². The van der Waals surface area contributed by atoms with Gasteiger partial charge in [-0.2, -0.15) is 9.78 Å². The molecule has 1 aromatic heterocycles. The summed E-state index contributed by atoms with van der Waals surface area (Å²) >= 11 is 0. The maximum absolute atomic E-state index is 13.6. The van der Waals surface area contributed by atoms with Crippen molar-refractivity contribution in [3.05, 3.63) is 47.7 Å². The van der Waals surface area contributed by atoms with Crippen LogP contribution in [0.4, 0.5) is 19.3 Å². The Kier molecular flexibility index (Phi) is 3.05. The van der Waals surface area contributed by atoms with Gasteiger partial charge in [0.15, 0.2) is 0 Å². The van der Waals surface area contributed by atoms with E-state index in [0.29, 0.717) is 27.7 Å². The number of benzene rings is 2. The van der Waals surface area contributed by atoms with Crippen LogP contribution in [0.5, 0.6) is 0 Å². The van der Waals surface area contributed by atoms with Gasteiger partial charge in [-0.3, -0.25) is 0 Å². The lowest BCUT2D eigenvalue weighted by Crippen LogP contribution is -2.09. The third-order valence-electron chi connectivity index (χ3n) is 3.46. The average molecular weight is 303 g/mol. The summed E-state index contributed by atoms with van der Waals surface area (Å²) in [6.07, 6.45) is -1.20. The van der Waals surface area contributed by atoms with Crippen LogP contribution in [0.3, 0.4) is 0 Å². The summed E-state index contributed by atoms with van der Waals surface area (Å²) in [6, 6.07) is 7.03. The Balaban J connectivity index is 2.21. The fourth-order valence-electron chi connectivity index (χ4n) is 2.34. The molecule has 0 saturated carbocycles. The quantitative estimate of drug-likeness (QED) is 0.675. The summed E-state index contributed by atoms with van der Waals surface area (Å²) in [7, 11) is 0. The van der Waals surface area contributed by atoms with Crippen LogP contribution < -0.4 is 5.73 Å². The summed E-state index contributed by atoms with van der Waals surface area (Å²) in [5.41, 5.74) is 6.49. The first-order chi connectivity index (χ1) is 10.4. The Bertz CT molecular complexity index is 896. The van der Waals surface area contributed by atoms with Crippen LogP contribution in [0, 0.1) is 18.6 Å². The number of hydrogen-bond donors (Lipinski definition) is 2. The Morgan fingerprint density at radius 3 is 2.41 bits per heavy atom. The lowest BCUT2D eigenvalue weighted by Gasteiger charge is -2.06. The highest BCUT2D eigenvalue weighted by atomic mass is 19.1. The molecule has 0 amide bonds. The van der Waals surface area contributed by atoms with Gasteiger partial charge in [0.25, 0.3) is 0 Å². The Hall–Kier alpha value is -2.96. The SMILES string of the molecule is Cc1nn(C(=O)O)c2ccc(-c3cc(F)c(N)c(F)c3)cc12. The van der Waals surface area contributed by atoms with Gasteiger partial charge in [-0.05, 0) is 42.3 Å². The monoisotopic (exact) mass is 303 g/mol. The number of nitrogens with two attached hydrogens (primary N) is 1. The molecule has 3 rings (SSSR count). The third-order valence-corrected chi connectivity index (χ3v) is 3.46. The smallest absolute Gasteiger partial charge is 0.432 e. The summed E-state index contributed by atoms with van der Waals surface area (Å²) in [5.74, 6) is -1.68. The van der Waals surface area contributed by atoms with Crippen molar-refractivity contribution in [3.63, 3.8) is 0 Å². The maximum Gasteiger partial charge on any atom is 0.432 e. The number of carbonyl (C=O) groups is 1. The second-order valence-corrected chi connectivity index (χ2v) is 4.87. The number of rotatable bonds is 1. The van der Waals surface area contributed by atoms with Crippen LogP contribution in [0.1, 0.15) is 5.69 Å². The molecule has 0 aliphatic heterocycles. The molecule has 0 aliphatic rings. The van der Waals surface area contributed by atoms with Gasteiger partial charge in [0, 0.05) is 5.39 Å². The summed E-state index contributed by atoms with van der Waals surface area (Å²) in [5, 5.41) is 13.6. The summed E-state index contributed by atoms with van der Waals surface area (Å²) in [6.45, 7) is 1.66. The van der Waals surface area contributed by atoms with Crippen molar-refractivity contribution >= 4 is 22.7 Å². The van der Waals surface area contributed by atoms with Crippen molar-refractivity contribution in [2.45, 2.75) is 6.92 Å². The zero-order valence-corrected chi connectivity index (χ0v) is 11.5. The van der Waals surface area contributed by atoms with E-state index in [1.165, 1.54) is 0 Å². The summed E-state index contributed by atoms with van der Waals surface area (Å²) in [4.78, 5) is 11.1. The van der Waals surface area contributed by atoms with E-state index in [-0.39, 0.29) is 0 Å². The van der Waals surface area contributed by atoms with Crippen molar-refractivity contribution in [2.24, 2.45) is 0 Å². The van der Waals surface area contributed by atoms with Crippen molar-refractivity contribution in [3.8, 4) is 11.1 Å². The molecule has 112 valence electrons. The van der Waals surface area contributed by atoms with Crippen LogP contribution in [0.25, 0.3) is 22.0 Å². The van der Waals surface area contributed by atoms with E-state index >= 15 is 0 Å². The van der Waals surface area contributed by atoms with Crippen LogP contribution in [-0.4, -0.2) is 21.0 Å². The van der Waals surface area contributed by atoms with Crippen molar-refractivity contribution < 1.29 is 18.7 Å². The highest BCUT2D eigenvalue weighted by molar-refractivity contribution is 5.92. The van der Waals surface area contributed by atoms with E-state index in [9.17, 15) is 13.6 Å². The second-order valence-electron chi connectivity index (χ2n) is 4.87. The fourth-order valence-corrected chi connectivity index (χ4v) is 2.34. The molecule has 0 fully saturated rings. The van der Waals surface area contributed by atoms with Gasteiger partial charge < -0.3 is 10.8 Å². The molecule has 3 N–H and O–H groups in total. The molecule has 0 atom stereocenters. The maximum atomic E-state index is 13.6. The molecule has 2 aromatic carbocycles. The van der Waals surface area contributed by atoms with E-state index in [4.69, 9.17) is 10.8 Å². The predicted molar refractivity (Wildman–Crippen MR) is 77.7 cm³/mol. The molecule has 3 aromatic rings. The van der Waals surface area contributed by atoms with E-state index < -0.39 is 23.4 Å². The van der Waals surface area contributed by atoms with Crippen LogP contribution in [-0.2, 0) is 0 Å². The van der Waals surface area contributed by atoms with Gasteiger partial charge in [-0.25, -0.2) is 13.6 Å². The lowest BCUT2D eigenvalue weighted by atomic mass is 10.0. The second kappa shape index (κ2) is 4.80. The molecule has 0 bridgehead atoms. The Morgan fingerprint density at radius 1 is 1.18 bits per heavy atom. The van der Waals surface area contributed by atoms with Crippen molar-refractivity contribution in [2.75, 3.05) is 5.73 Å². The zero-order chi connectivity index (χ0) is 16.0. The van der Waals surface area contributed by atoms with Gasteiger partial charge in [-0.1, -0.05) is 6.07 Å². The minimum Gasteiger partial charge on any atom is -0.463 e. The normalized spacial score (nSPS) is 11.0. The first-order valence-corrected chi connectivity index (χ1v) is 6.36. The van der Waals surface area contributed by atoms with E-state index in [2.05, 4.69) is 5.10 Å². The van der Waals surface area contributed by atoms with Gasteiger partial charge in [0.1, 0.15) is 17.3 Å². The van der Waals surface area contributed by atoms with E-state index in [0.717, 1.165) is 16.8 Å². The molecule has 5 nitrogen and oxygen atoms in total. The molecule has 0 spiro atoms. The van der Waals surface area contributed by atoms with Gasteiger partial charge in [0.2, 0.25) is 0 Å². The van der Waals surface area contributed by atoms with E-state index in [1.54, 1.807) is 25.1 Å². The Labute approximate surface area is 123 Å². The number of anilines is 1. The first kappa shape index (κ1) is 14.0. The number of aromatic nitrogens is 2. The fraction of sp³-hybridized carbons (Fsp3) is 0.0667. The summed E-state index contributed by atoms with van der Waals surface area (Å²) < 4.78 is 28.0. The molecule has 0 saturated heterocycles. The lowest BCUT2D eigenvalue weighted by molar-refractivity contribution is 0.194. The molecule has 0 aliphatic carbocycles. The number of nitrogen functional groups attached to an aromatic ring is 1. The highest BCUT2D eigenvalue weighted by Crippen LogP contribution is 2.29. The van der Waals surface area contributed by atoms with E-state index in [1.807, 2.05) is 0 Å². The van der Waals surface area contributed by atoms with Crippen molar-refractivity contribution in [1.82, 2.24) is 9.78 Å². The number of fused-ring (bicyclic) bond motifs is 1. The third kappa shape index (κ3) is 2.07. The minimum absolute atomic E-state index is 0.313. The number of carboxylic acid groups (broad SMARTS) is 1. The molecule has 1 heterocycles. The molecule has 7 heteroatoms. The van der Waals surface area contributed by atoms with Gasteiger partial charge in [0.05, 0.1) is 11.2 Å². The standard InChI is InChI=1S/C15H11F2N3O2/c1-7-10-4-8(2-3-13(10)20(19-7)15(21)22)9-5-11(16)14(18)12(17)6-9/h2-6H,18H2,1H3,(H,21,22). The number of halogens is 2. The number of aryl methyl sites for hydroxylation is 1. The molecule has 0 radical (unpaired) electrons. The van der Waals surface area contributed by atoms with Crippen molar-refractivity contribution in [1.29, 1.82) is 0 Å². The van der Waals surface area contributed by atoms with Crippen LogP contribution >= 0.6 is 0 Å². The largest absolute Gasteiger partial charge is 0.463 e. The Morgan fingerprint density at radius 2 is 1.82 bits per heavy atom. The molecular weight excluding hydrogens is 292 g/mol. The first-order valence-electron chi connectivity index (χ1n) is 6.36. The average Bonchev–Trinajstić information content (AvgIpc) is 2.81. The van der Waals surface area contributed by atoms with Gasteiger partial charge in [-0.15, -0.1) is 0 Å². The highest BCUT2D eigenvalue weighted by Gasteiger charge is 2.14. The molecular formula is C15H11F2N3O2. The van der Waals surface area contributed by atoms with Crippen LogP contribution in [0.15, 0.2) is 30.3 Å². The van der Waals surface area contributed by atoms with Gasteiger partial charge >= 0.3 is 6.09 Å². The molecule has 22 heavy (non-hydrogen) atoms. The number of nitrogens with zero attached hydrogens (tertiary/aromatic N) is 2. The molecule has 0 unspecified atom stereocenters. The van der Waals surface area contributed by atoms with Crippen LogP contribution in [0.2, 0.25) is 0 Å². The zero-order valence-electron chi connectivity index (χ0n) is 11.5.